The van der Waals surface area contributed by atoms with Crippen LogP contribution >= 0.6 is 0 Å². The van der Waals surface area contributed by atoms with E-state index < -0.39 is 0 Å². The summed E-state index contributed by atoms with van der Waals surface area (Å²) in [7, 11) is 1.70. The van der Waals surface area contributed by atoms with Gasteiger partial charge >= 0.3 is 0 Å². The van der Waals surface area contributed by atoms with E-state index in [0.29, 0.717) is 13.2 Å². The van der Waals surface area contributed by atoms with Crippen LogP contribution in [0.1, 0.15) is 64.0 Å². The van der Waals surface area contributed by atoms with Crippen LogP contribution in [0.2, 0.25) is 0 Å². The molecule has 2 aromatic carbocycles. The lowest BCUT2D eigenvalue weighted by molar-refractivity contribution is 0.122. The van der Waals surface area contributed by atoms with Crippen LogP contribution < -0.4 is 10.1 Å². The first-order valence-corrected chi connectivity index (χ1v) is 14.8. The van der Waals surface area contributed by atoms with E-state index in [9.17, 15) is 0 Å². The molecule has 4 heteroatoms. The average molecular weight is 556 g/mol. The lowest BCUT2D eigenvalue weighted by Crippen LogP contribution is -2.02. The number of terminal acetylenes is 1. The Morgan fingerprint density at radius 1 is 0.951 bits per heavy atom. The highest BCUT2D eigenvalue weighted by atomic mass is 16.5. The predicted molar refractivity (Wildman–Crippen MR) is 174 cm³/mol. The van der Waals surface area contributed by atoms with Gasteiger partial charge in [-0.3, -0.25) is 0 Å². The van der Waals surface area contributed by atoms with Crippen molar-refractivity contribution < 1.29 is 14.2 Å². The molecule has 2 aromatic rings. The molecule has 0 radical (unpaired) electrons. The van der Waals surface area contributed by atoms with Crippen molar-refractivity contribution in [1.82, 2.24) is 0 Å². The van der Waals surface area contributed by atoms with Gasteiger partial charge in [-0.15, -0.1) is 6.42 Å². The molecule has 0 amide bonds. The van der Waals surface area contributed by atoms with Crippen molar-refractivity contribution in [3.8, 4) is 18.1 Å². The van der Waals surface area contributed by atoms with Crippen LogP contribution in [-0.2, 0) is 22.3 Å². The van der Waals surface area contributed by atoms with E-state index in [0.717, 1.165) is 79.2 Å². The van der Waals surface area contributed by atoms with Gasteiger partial charge in [-0.2, -0.15) is 0 Å². The molecular weight excluding hydrogens is 506 g/mol. The number of ether oxygens (including phenoxy) is 3. The third-order valence-electron chi connectivity index (χ3n) is 6.79. The van der Waals surface area contributed by atoms with Crippen LogP contribution in [0.25, 0.3) is 0 Å². The molecule has 0 fully saturated rings. The normalized spacial score (nSPS) is 12.1. The van der Waals surface area contributed by atoms with Gasteiger partial charge in [0.2, 0.25) is 0 Å². The van der Waals surface area contributed by atoms with E-state index in [4.69, 9.17) is 20.6 Å². The monoisotopic (exact) mass is 555 g/mol. The summed E-state index contributed by atoms with van der Waals surface area (Å²) in [5.41, 5.74) is 6.82. The van der Waals surface area contributed by atoms with Crippen molar-refractivity contribution in [2.75, 3.05) is 38.8 Å². The number of benzene rings is 2. The van der Waals surface area contributed by atoms with Gasteiger partial charge in [0.15, 0.2) is 0 Å². The summed E-state index contributed by atoms with van der Waals surface area (Å²) in [6.07, 6.45) is 19.1. The van der Waals surface area contributed by atoms with Crippen molar-refractivity contribution >= 4 is 5.69 Å². The van der Waals surface area contributed by atoms with E-state index in [1.807, 2.05) is 26.8 Å². The van der Waals surface area contributed by atoms with E-state index in [2.05, 4.69) is 78.5 Å². The third kappa shape index (κ3) is 13.5. The minimum absolute atomic E-state index is 0.558. The second-order valence-corrected chi connectivity index (χ2v) is 10.1. The summed E-state index contributed by atoms with van der Waals surface area (Å²) >= 11 is 0. The Bertz CT molecular complexity index is 1180. The summed E-state index contributed by atoms with van der Waals surface area (Å²) < 4.78 is 17.3. The molecule has 0 aliphatic rings. The van der Waals surface area contributed by atoms with Crippen LogP contribution in [0.4, 0.5) is 5.69 Å². The maximum Gasteiger partial charge on any atom is 0.119 e. The topological polar surface area (TPSA) is 39.7 Å². The summed E-state index contributed by atoms with van der Waals surface area (Å²) in [5, 5.41) is 3.19. The maximum atomic E-state index is 6.00. The Labute approximate surface area is 249 Å². The van der Waals surface area contributed by atoms with Crippen LogP contribution in [-0.4, -0.2) is 33.5 Å². The number of hydrogen-bond donors (Lipinski definition) is 1. The molecule has 0 spiro atoms. The zero-order valence-corrected chi connectivity index (χ0v) is 25.6. The number of anilines is 1. The van der Waals surface area contributed by atoms with Crippen LogP contribution in [0.3, 0.4) is 0 Å². The average Bonchev–Trinajstić information content (AvgIpc) is 2.98. The molecule has 0 bridgehead atoms. The predicted octanol–water partition coefficient (Wildman–Crippen LogP) is 8.86. The molecule has 0 aliphatic carbocycles. The van der Waals surface area contributed by atoms with Gasteiger partial charge in [0.05, 0.1) is 20.3 Å². The maximum absolute atomic E-state index is 6.00. The summed E-state index contributed by atoms with van der Waals surface area (Å²) in [5.74, 6) is 4.38. The van der Waals surface area contributed by atoms with Gasteiger partial charge in [-0.1, -0.05) is 61.4 Å². The molecular formula is C37H49NO3. The Balaban J connectivity index is 1.58. The van der Waals surface area contributed by atoms with Gasteiger partial charge in [-0.05, 0) is 106 Å². The first-order chi connectivity index (χ1) is 20.0. The SMILES string of the molecule is C#CCNc1ccc(CCCCCOCCCCOc2cccc(C\C=C/C(=C\C)C(/C(=C)C)=C(\C)OC)c2)cc1. The molecule has 2 rings (SSSR count). The second kappa shape index (κ2) is 20.2. The highest BCUT2D eigenvalue weighted by Gasteiger charge is 2.08. The molecule has 1 N–H and O–H groups in total. The lowest BCUT2D eigenvalue weighted by atomic mass is 9.97. The zero-order chi connectivity index (χ0) is 29.7. The number of rotatable bonds is 20. The summed E-state index contributed by atoms with van der Waals surface area (Å²) in [6.45, 7) is 13.0. The first kappa shape index (κ1) is 33.5. The smallest absolute Gasteiger partial charge is 0.119 e. The Morgan fingerprint density at radius 2 is 1.68 bits per heavy atom. The van der Waals surface area contributed by atoms with Gasteiger partial charge in [0.25, 0.3) is 0 Å². The number of unbranched alkanes of at least 4 members (excludes halogenated alkanes) is 3. The first-order valence-electron chi connectivity index (χ1n) is 14.8. The van der Waals surface area contributed by atoms with Crippen molar-refractivity contribution in [1.29, 1.82) is 0 Å². The molecule has 0 saturated carbocycles. The van der Waals surface area contributed by atoms with Crippen LogP contribution in [0.5, 0.6) is 5.75 Å². The minimum Gasteiger partial charge on any atom is -0.501 e. The fraction of sp³-hybridized carbons (Fsp3) is 0.405. The molecule has 220 valence electrons. The Morgan fingerprint density at radius 3 is 2.37 bits per heavy atom. The van der Waals surface area contributed by atoms with Crippen LogP contribution in [0.15, 0.2) is 95.8 Å². The number of methoxy groups -OCH3 is 1. The van der Waals surface area contributed by atoms with Gasteiger partial charge in [0, 0.05) is 24.5 Å². The Hall–Kier alpha value is -3.68. The molecule has 4 nitrogen and oxygen atoms in total. The molecule has 0 atom stereocenters. The summed E-state index contributed by atoms with van der Waals surface area (Å²) in [4.78, 5) is 0. The largest absolute Gasteiger partial charge is 0.501 e. The molecule has 0 saturated heterocycles. The van der Waals surface area contributed by atoms with Gasteiger partial charge < -0.3 is 19.5 Å². The van der Waals surface area contributed by atoms with E-state index in [-0.39, 0.29) is 0 Å². The molecule has 0 unspecified atom stereocenters. The van der Waals surface area contributed by atoms with Crippen molar-refractivity contribution in [3.63, 3.8) is 0 Å². The van der Waals surface area contributed by atoms with E-state index in [1.54, 1.807) is 7.11 Å². The standard InChI is InChI=1S/C37H49NO3/c1-7-25-38-35-23-21-32(22-24-35)16-10-9-11-26-40-27-12-13-28-41-36-20-15-18-33(29-36)17-14-19-34(8-2)37(30(3)4)31(5)39-6/h1,8,14-15,18-24,29,38H,3,9-13,16-17,25-28H2,2,4-6H3/b19-14-,34-8+,37-31+. The third-order valence-corrected chi connectivity index (χ3v) is 6.79. The molecule has 0 heterocycles. The molecule has 41 heavy (non-hydrogen) atoms. The highest BCUT2D eigenvalue weighted by molar-refractivity contribution is 5.51. The number of hydrogen-bond acceptors (Lipinski definition) is 4. The fourth-order valence-electron chi connectivity index (χ4n) is 4.51. The van der Waals surface area contributed by atoms with Crippen molar-refractivity contribution in [3.05, 3.63) is 107 Å². The van der Waals surface area contributed by atoms with E-state index in [1.165, 1.54) is 24.0 Å². The fourth-order valence-corrected chi connectivity index (χ4v) is 4.51. The zero-order valence-electron chi connectivity index (χ0n) is 25.6. The number of nitrogens with one attached hydrogen (secondary N) is 1. The van der Waals surface area contributed by atoms with Gasteiger partial charge in [-0.25, -0.2) is 0 Å². The quantitative estimate of drug-likeness (QED) is 0.0767. The highest BCUT2D eigenvalue weighted by Crippen LogP contribution is 2.24. The lowest BCUT2D eigenvalue weighted by Gasteiger charge is -2.12. The van der Waals surface area contributed by atoms with Crippen LogP contribution in [0, 0.1) is 12.3 Å². The van der Waals surface area contributed by atoms with Crippen molar-refractivity contribution in [2.24, 2.45) is 0 Å². The van der Waals surface area contributed by atoms with Gasteiger partial charge in [0.1, 0.15) is 11.5 Å². The Kier molecular flexibility index (Phi) is 16.5. The molecule has 0 aliphatic heterocycles. The number of aryl methyl sites for hydroxylation is 1. The summed E-state index contributed by atoms with van der Waals surface area (Å²) in [6, 6.07) is 16.9. The molecule has 0 aromatic heterocycles. The second-order valence-electron chi connectivity index (χ2n) is 10.1. The van der Waals surface area contributed by atoms with Crippen molar-refractivity contribution in [2.45, 2.75) is 65.7 Å². The van der Waals surface area contributed by atoms with E-state index >= 15 is 0 Å². The minimum atomic E-state index is 0.558. The number of allylic oxidation sites excluding steroid dienone is 7.